The molecule has 2 atom stereocenters. The molecule has 25 heavy (non-hydrogen) atoms. The molecule has 1 aliphatic carbocycles. The average molecular weight is 341 g/mol. The molecule has 3 heterocycles. The molecule has 1 saturated heterocycles. The summed E-state index contributed by atoms with van der Waals surface area (Å²) in [4.78, 5) is 30.1. The molecule has 0 radical (unpaired) electrons. The van der Waals surface area contributed by atoms with Gasteiger partial charge in [0.15, 0.2) is 0 Å². The highest BCUT2D eigenvalue weighted by atomic mass is 16.5. The van der Waals surface area contributed by atoms with Crippen molar-refractivity contribution in [3.8, 4) is 0 Å². The number of aryl methyl sites for hydroxylation is 1. The Morgan fingerprint density at radius 1 is 1.32 bits per heavy atom. The molecule has 2 aliphatic heterocycles. The number of amides is 2. The van der Waals surface area contributed by atoms with E-state index in [-0.39, 0.29) is 11.8 Å². The second-order valence-electron chi connectivity index (χ2n) is 7.25. The van der Waals surface area contributed by atoms with Crippen LogP contribution in [-0.4, -0.2) is 48.0 Å². The molecule has 4 rings (SSSR count). The summed E-state index contributed by atoms with van der Waals surface area (Å²) in [7, 11) is 1.77. The third kappa shape index (κ3) is 3.31. The first-order valence-corrected chi connectivity index (χ1v) is 8.91. The van der Waals surface area contributed by atoms with Crippen LogP contribution in [0, 0.1) is 11.8 Å². The molecular weight excluding hydrogens is 318 g/mol. The maximum absolute atomic E-state index is 12.5. The van der Waals surface area contributed by atoms with Gasteiger partial charge in [0.05, 0.1) is 6.10 Å². The fourth-order valence-corrected chi connectivity index (χ4v) is 4.26. The van der Waals surface area contributed by atoms with Crippen molar-refractivity contribution in [2.24, 2.45) is 11.8 Å². The number of carbonyl (C=O) groups is 2. The summed E-state index contributed by atoms with van der Waals surface area (Å²) in [5.41, 5.74) is 1.91. The van der Waals surface area contributed by atoms with Crippen LogP contribution in [0.3, 0.4) is 0 Å². The summed E-state index contributed by atoms with van der Waals surface area (Å²) in [6.45, 7) is 1.67. The molecule has 6 heteroatoms. The molecule has 1 aromatic heterocycles. The Balaban J connectivity index is 1.38. The van der Waals surface area contributed by atoms with Gasteiger partial charge in [-0.05, 0) is 54.4 Å². The largest absolute Gasteiger partial charge is 0.381 e. The minimum atomic E-state index is 0.00811. The van der Waals surface area contributed by atoms with Crippen LogP contribution < -0.4 is 5.32 Å². The van der Waals surface area contributed by atoms with Crippen molar-refractivity contribution in [2.45, 2.75) is 31.8 Å². The van der Waals surface area contributed by atoms with Gasteiger partial charge >= 0.3 is 0 Å². The molecular formula is C19H23N3O3. The minimum Gasteiger partial charge on any atom is -0.381 e. The van der Waals surface area contributed by atoms with Crippen LogP contribution in [0.1, 0.15) is 30.4 Å². The highest BCUT2D eigenvalue weighted by Crippen LogP contribution is 2.39. The number of likely N-dealkylation sites (tertiary alicyclic amines) is 1. The molecule has 1 saturated carbocycles. The first-order chi connectivity index (χ1) is 12.1. The average Bonchev–Trinajstić information content (AvgIpc) is 3.18. The fourth-order valence-electron chi connectivity index (χ4n) is 4.26. The van der Waals surface area contributed by atoms with Crippen molar-refractivity contribution >= 4 is 23.7 Å². The maximum atomic E-state index is 12.5. The highest BCUT2D eigenvalue weighted by Gasteiger charge is 2.41. The van der Waals surface area contributed by atoms with E-state index in [0.717, 1.165) is 37.1 Å². The topological polar surface area (TPSA) is 71.5 Å². The van der Waals surface area contributed by atoms with Crippen molar-refractivity contribution in [3.63, 3.8) is 0 Å². The minimum absolute atomic E-state index is 0.00811. The van der Waals surface area contributed by atoms with E-state index in [2.05, 4.69) is 10.3 Å². The monoisotopic (exact) mass is 341 g/mol. The van der Waals surface area contributed by atoms with Crippen LogP contribution in [-0.2, 0) is 20.7 Å². The van der Waals surface area contributed by atoms with Crippen LogP contribution in [0.2, 0.25) is 0 Å². The smallest absolute Gasteiger partial charge is 0.246 e. The Morgan fingerprint density at radius 3 is 2.80 bits per heavy atom. The number of hydrogen-bond donors (Lipinski definition) is 1. The van der Waals surface area contributed by atoms with Gasteiger partial charge in [-0.15, -0.1) is 0 Å². The number of anilines is 1. The number of nitrogens with one attached hydrogen (secondary N) is 1. The second-order valence-corrected chi connectivity index (χ2v) is 7.25. The van der Waals surface area contributed by atoms with Gasteiger partial charge in [-0.1, -0.05) is 0 Å². The lowest BCUT2D eigenvalue weighted by Gasteiger charge is -2.17. The lowest BCUT2D eigenvalue weighted by atomic mass is 10.0. The zero-order valence-electron chi connectivity index (χ0n) is 14.4. The van der Waals surface area contributed by atoms with Gasteiger partial charge in [-0.2, -0.15) is 0 Å². The van der Waals surface area contributed by atoms with Crippen molar-refractivity contribution in [1.82, 2.24) is 9.88 Å². The van der Waals surface area contributed by atoms with E-state index in [4.69, 9.17) is 4.74 Å². The van der Waals surface area contributed by atoms with Crippen molar-refractivity contribution in [1.29, 1.82) is 0 Å². The summed E-state index contributed by atoms with van der Waals surface area (Å²) in [6.07, 6.45) is 8.82. The van der Waals surface area contributed by atoms with Gasteiger partial charge in [-0.3, -0.25) is 9.59 Å². The Bertz CT molecular complexity index is 717. The lowest BCUT2D eigenvalue weighted by molar-refractivity contribution is -0.125. The van der Waals surface area contributed by atoms with Gasteiger partial charge in [0, 0.05) is 38.9 Å². The molecule has 0 aromatic carbocycles. The molecule has 0 spiro atoms. The predicted octanol–water partition coefficient (Wildman–Crippen LogP) is 1.86. The highest BCUT2D eigenvalue weighted by molar-refractivity contribution is 5.94. The van der Waals surface area contributed by atoms with Crippen LogP contribution in [0.25, 0.3) is 6.08 Å². The van der Waals surface area contributed by atoms with Crippen molar-refractivity contribution in [2.75, 3.05) is 25.5 Å². The SMILES string of the molecule is COC1CC2CN(C(=O)C=Cc3cnc4c(c3)CCC(=O)N4)CC2C1. The number of fused-ring (bicyclic) bond motifs is 2. The van der Waals surface area contributed by atoms with Gasteiger partial charge in [0.2, 0.25) is 11.8 Å². The number of ether oxygens (including phenoxy) is 1. The molecule has 0 bridgehead atoms. The summed E-state index contributed by atoms with van der Waals surface area (Å²) in [5.74, 6) is 1.87. The summed E-state index contributed by atoms with van der Waals surface area (Å²) < 4.78 is 5.45. The van der Waals surface area contributed by atoms with Crippen LogP contribution in [0.4, 0.5) is 5.82 Å². The van der Waals surface area contributed by atoms with E-state index in [1.807, 2.05) is 17.0 Å². The molecule has 1 aromatic rings. The zero-order chi connectivity index (χ0) is 17.4. The predicted molar refractivity (Wildman–Crippen MR) is 93.8 cm³/mol. The molecule has 132 valence electrons. The van der Waals surface area contributed by atoms with Crippen LogP contribution >= 0.6 is 0 Å². The molecule has 2 fully saturated rings. The standard InChI is InChI=1S/C19H23N3O3/c1-25-16-7-14-10-22(11-15(14)8-16)18(24)5-2-12-6-13-3-4-17(23)21-19(13)20-9-12/h2,5-6,9,14-16H,3-4,7-8,10-11H2,1H3,(H,20,21,23). The van der Waals surface area contributed by atoms with Crippen LogP contribution in [0.5, 0.6) is 0 Å². The third-order valence-electron chi connectivity index (χ3n) is 5.64. The third-order valence-corrected chi connectivity index (χ3v) is 5.64. The van der Waals surface area contributed by atoms with E-state index < -0.39 is 0 Å². The number of nitrogens with zero attached hydrogens (tertiary/aromatic N) is 2. The Kier molecular flexibility index (Phi) is 4.29. The van der Waals surface area contributed by atoms with Gasteiger partial charge < -0.3 is 15.0 Å². The first kappa shape index (κ1) is 16.3. The van der Waals surface area contributed by atoms with Gasteiger partial charge in [0.1, 0.15) is 5.82 Å². The fraction of sp³-hybridized carbons (Fsp3) is 0.526. The quantitative estimate of drug-likeness (QED) is 0.852. The van der Waals surface area contributed by atoms with Crippen molar-refractivity contribution in [3.05, 3.63) is 29.5 Å². The maximum Gasteiger partial charge on any atom is 0.246 e. The normalized spacial score (nSPS) is 28.1. The Labute approximate surface area is 147 Å². The van der Waals surface area contributed by atoms with E-state index in [1.54, 1.807) is 19.4 Å². The van der Waals surface area contributed by atoms with Gasteiger partial charge in [0.25, 0.3) is 0 Å². The number of rotatable bonds is 3. The summed E-state index contributed by atoms with van der Waals surface area (Å²) in [6, 6.07) is 1.99. The number of hydrogen-bond acceptors (Lipinski definition) is 4. The number of methoxy groups -OCH3 is 1. The Hall–Kier alpha value is -2.21. The van der Waals surface area contributed by atoms with Crippen molar-refractivity contribution < 1.29 is 14.3 Å². The zero-order valence-corrected chi connectivity index (χ0v) is 14.4. The van der Waals surface area contributed by atoms with Crippen LogP contribution in [0.15, 0.2) is 18.3 Å². The number of pyridine rings is 1. The van der Waals surface area contributed by atoms with E-state index in [1.165, 1.54) is 0 Å². The molecule has 2 amide bonds. The van der Waals surface area contributed by atoms with E-state index >= 15 is 0 Å². The summed E-state index contributed by atoms with van der Waals surface area (Å²) in [5, 5.41) is 2.77. The van der Waals surface area contributed by atoms with Gasteiger partial charge in [-0.25, -0.2) is 4.98 Å². The first-order valence-electron chi connectivity index (χ1n) is 8.91. The molecule has 1 N–H and O–H groups in total. The number of aromatic nitrogens is 1. The Morgan fingerprint density at radius 2 is 2.08 bits per heavy atom. The van der Waals surface area contributed by atoms with E-state index in [9.17, 15) is 9.59 Å². The lowest BCUT2D eigenvalue weighted by Crippen LogP contribution is -2.28. The van der Waals surface area contributed by atoms with E-state index in [0.29, 0.717) is 36.6 Å². The molecule has 6 nitrogen and oxygen atoms in total. The summed E-state index contributed by atoms with van der Waals surface area (Å²) >= 11 is 0. The molecule has 3 aliphatic rings. The molecule has 2 unspecified atom stereocenters. The number of carbonyl (C=O) groups excluding carboxylic acids is 2. The second kappa shape index (κ2) is 6.59.